The smallest absolute Gasteiger partial charge is 0.254 e. The van der Waals surface area contributed by atoms with E-state index in [9.17, 15) is 22.0 Å². The van der Waals surface area contributed by atoms with E-state index in [1.54, 1.807) is 31.7 Å². The third-order valence-corrected chi connectivity index (χ3v) is 8.01. The number of amides is 1. The summed E-state index contributed by atoms with van der Waals surface area (Å²) in [6, 6.07) is 7.10. The highest BCUT2D eigenvalue weighted by Crippen LogP contribution is 2.36. The van der Waals surface area contributed by atoms with Gasteiger partial charge in [-0.15, -0.1) is 11.8 Å². The molecule has 1 aliphatic heterocycles. The van der Waals surface area contributed by atoms with Crippen molar-refractivity contribution in [2.24, 2.45) is 0 Å². The molecule has 1 amide bonds. The number of nitrogens with one attached hydrogen (secondary N) is 1. The minimum Gasteiger partial charge on any atom is -0.345 e. The van der Waals surface area contributed by atoms with E-state index in [0.717, 1.165) is 28.8 Å². The van der Waals surface area contributed by atoms with E-state index in [4.69, 9.17) is 0 Å². The SMILES string of the molecule is CCN(CC)S(=O)(=O)c1ccc(F)c(C(=O)NC2CCSc3ccc(F)cc32)c1. The summed E-state index contributed by atoms with van der Waals surface area (Å²) in [7, 11) is -3.83. The van der Waals surface area contributed by atoms with Gasteiger partial charge in [-0.25, -0.2) is 17.2 Å². The van der Waals surface area contributed by atoms with Gasteiger partial charge in [-0.1, -0.05) is 13.8 Å². The zero-order valence-electron chi connectivity index (χ0n) is 16.1. The first-order chi connectivity index (χ1) is 13.8. The Bertz CT molecular complexity index is 1020. The molecule has 0 radical (unpaired) electrons. The number of thioether (sulfide) groups is 1. The van der Waals surface area contributed by atoms with Crippen LogP contribution in [0.3, 0.4) is 0 Å². The maximum Gasteiger partial charge on any atom is 0.254 e. The molecule has 5 nitrogen and oxygen atoms in total. The molecule has 2 aromatic rings. The number of hydrogen-bond donors (Lipinski definition) is 1. The molecule has 1 unspecified atom stereocenters. The summed E-state index contributed by atoms with van der Waals surface area (Å²) in [5.74, 6) is -1.23. The lowest BCUT2D eigenvalue weighted by Crippen LogP contribution is -2.33. The van der Waals surface area contributed by atoms with Crippen LogP contribution in [-0.4, -0.2) is 37.5 Å². The zero-order valence-corrected chi connectivity index (χ0v) is 17.7. The summed E-state index contributed by atoms with van der Waals surface area (Å²) in [4.78, 5) is 13.5. The van der Waals surface area contributed by atoms with Crippen LogP contribution < -0.4 is 5.32 Å². The molecule has 9 heteroatoms. The van der Waals surface area contributed by atoms with Crippen LogP contribution in [0.15, 0.2) is 46.2 Å². The van der Waals surface area contributed by atoms with E-state index in [1.807, 2.05) is 0 Å². The summed E-state index contributed by atoms with van der Waals surface area (Å²) in [5, 5.41) is 2.73. The molecular formula is C20H22F2N2O3S2. The Balaban J connectivity index is 1.90. The van der Waals surface area contributed by atoms with Crippen LogP contribution in [-0.2, 0) is 10.0 Å². The lowest BCUT2D eigenvalue weighted by Gasteiger charge is -2.26. The predicted molar refractivity (Wildman–Crippen MR) is 108 cm³/mol. The van der Waals surface area contributed by atoms with Crippen LogP contribution in [0.25, 0.3) is 0 Å². The minimum absolute atomic E-state index is 0.140. The molecule has 1 aliphatic rings. The Morgan fingerprint density at radius 2 is 1.90 bits per heavy atom. The van der Waals surface area contributed by atoms with Gasteiger partial charge in [0.15, 0.2) is 0 Å². The number of sulfonamides is 1. The lowest BCUT2D eigenvalue weighted by molar-refractivity contribution is 0.0930. The van der Waals surface area contributed by atoms with Crippen molar-refractivity contribution in [2.75, 3.05) is 18.8 Å². The van der Waals surface area contributed by atoms with E-state index in [2.05, 4.69) is 5.32 Å². The Morgan fingerprint density at radius 3 is 2.59 bits per heavy atom. The molecule has 1 atom stereocenters. The minimum atomic E-state index is -3.83. The molecule has 0 fully saturated rings. The van der Waals surface area contributed by atoms with Crippen molar-refractivity contribution in [3.05, 3.63) is 59.2 Å². The number of benzene rings is 2. The van der Waals surface area contributed by atoms with Gasteiger partial charge >= 0.3 is 0 Å². The lowest BCUT2D eigenvalue weighted by atomic mass is 10.0. The summed E-state index contributed by atoms with van der Waals surface area (Å²) >= 11 is 1.56. The fourth-order valence-corrected chi connectivity index (χ4v) is 5.89. The highest BCUT2D eigenvalue weighted by atomic mass is 32.2. The normalized spacial score (nSPS) is 16.5. The monoisotopic (exact) mass is 440 g/mol. The summed E-state index contributed by atoms with van der Waals surface area (Å²) in [5.41, 5.74) is 0.288. The fraction of sp³-hybridized carbons (Fsp3) is 0.350. The van der Waals surface area contributed by atoms with E-state index in [-0.39, 0.29) is 23.5 Å². The largest absolute Gasteiger partial charge is 0.345 e. The van der Waals surface area contributed by atoms with Crippen LogP contribution in [0.2, 0.25) is 0 Å². The molecular weight excluding hydrogens is 418 g/mol. The fourth-order valence-electron chi connectivity index (χ4n) is 3.30. The molecule has 3 rings (SSSR count). The zero-order chi connectivity index (χ0) is 21.2. The third kappa shape index (κ3) is 4.46. The topological polar surface area (TPSA) is 66.5 Å². The molecule has 0 aliphatic carbocycles. The predicted octanol–water partition coefficient (Wildman–Crippen LogP) is 3.96. The molecule has 0 saturated carbocycles. The van der Waals surface area contributed by atoms with Crippen LogP contribution in [0.5, 0.6) is 0 Å². The van der Waals surface area contributed by atoms with E-state index < -0.39 is 33.6 Å². The van der Waals surface area contributed by atoms with Gasteiger partial charge in [0.25, 0.3) is 5.91 Å². The number of halogens is 2. The van der Waals surface area contributed by atoms with Gasteiger partial charge < -0.3 is 5.32 Å². The maximum absolute atomic E-state index is 14.4. The molecule has 0 spiro atoms. The first-order valence-corrected chi connectivity index (χ1v) is 11.7. The van der Waals surface area contributed by atoms with E-state index in [1.165, 1.54) is 16.4 Å². The Kier molecular flexibility index (Phi) is 6.60. The molecule has 1 heterocycles. The molecule has 0 bridgehead atoms. The number of fused-ring (bicyclic) bond motifs is 1. The van der Waals surface area contributed by atoms with Gasteiger partial charge in [-0.2, -0.15) is 4.31 Å². The molecule has 0 saturated heterocycles. The van der Waals surface area contributed by atoms with E-state index >= 15 is 0 Å². The highest BCUT2D eigenvalue weighted by molar-refractivity contribution is 7.99. The van der Waals surface area contributed by atoms with Gasteiger partial charge in [0.1, 0.15) is 11.6 Å². The average molecular weight is 441 g/mol. The maximum atomic E-state index is 14.4. The second-order valence-corrected chi connectivity index (χ2v) is 9.65. The van der Waals surface area contributed by atoms with Crippen molar-refractivity contribution >= 4 is 27.7 Å². The number of carbonyl (C=O) groups excluding carboxylic acids is 1. The van der Waals surface area contributed by atoms with E-state index in [0.29, 0.717) is 12.0 Å². The summed E-state index contributed by atoms with van der Waals surface area (Å²) in [6.07, 6.45) is 0.561. The van der Waals surface area contributed by atoms with Gasteiger partial charge in [-0.3, -0.25) is 4.79 Å². The second kappa shape index (κ2) is 8.81. The number of nitrogens with zero attached hydrogens (tertiary/aromatic N) is 1. The Hall–Kier alpha value is -1.97. The number of hydrogen-bond acceptors (Lipinski definition) is 4. The molecule has 156 valence electrons. The van der Waals surface area contributed by atoms with Crippen molar-refractivity contribution < 1.29 is 22.0 Å². The average Bonchev–Trinajstić information content (AvgIpc) is 2.69. The Morgan fingerprint density at radius 1 is 1.17 bits per heavy atom. The van der Waals surface area contributed by atoms with Crippen LogP contribution >= 0.6 is 11.8 Å². The quantitative estimate of drug-likeness (QED) is 0.738. The van der Waals surface area contributed by atoms with Crippen LogP contribution in [0, 0.1) is 11.6 Å². The highest BCUT2D eigenvalue weighted by Gasteiger charge is 2.27. The van der Waals surface area contributed by atoms with Gasteiger partial charge in [0.05, 0.1) is 16.5 Å². The third-order valence-electron chi connectivity index (χ3n) is 4.84. The molecule has 29 heavy (non-hydrogen) atoms. The van der Waals surface area contributed by atoms with Gasteiger partial charge in [0.2, 0.25) is 10.0 Å². The Labute approximate surface area is 173 Å². The standard InChI is InChI=1S/C20H22F2N2O3S2/c1-3-24(4-2)29(26,27)14-6-7-17(22)15(12-14)20(25)23-18-9-10-28-19-8-5-13(21)11-16(18)19/h5-8,11-12,18H,3-4,9-10H2,1-2H3,(H,23,25). The van der Waals surface area contributed by atoms with Crippen molar-refractivity contribution in [3.63, 3.8) is 0 Å². The first kappa shape index (κ1) is 21.7. The number of rotatable bonds is 6. The van der Waals surface area contributed by atoms with Crippen molar-refractivity contribution in [3.8, 4) is 0 Å². The van der Waals surface area contributed by atoms with Crippen molar-refractivity contribution in [1.29, 1.82) is 0 Å². The molecule has 2 aromatic carbocycles. The van der Waals surface area contributed by atoms with Crippen molar-refractivity contribution in [2.45, 2.75) is 36.1 Å². The van der Waals surface area contributed by atoms with Crippen LogP contribution in [0.1, 0.15) is 42.2 Å². The second-order valence-electron chi connectivity index (χ2n) is 6.58. The molecule has 0 aromatic heterocycles. The van der Waals surface area contributed by atoms with Crippen molar-refractivity contribution in [1.82, 2.24) is 9.62 Å². The summed E-state index contributed by atoms with van der Waals surface area (Å²) < 4.78 is 54.7. The van der Waals surface area contributed by atoms with Gasteiger partial charge in [0, 0.05) is 23.7 Å². The number of carbonyl (C=O) groups is 1. The molecule has 1 N–H and O–H groups in total. The van der Waals surface area contributed by atoms with Crippen LogP contribution in [0.4, 0.5) is 8.78 Å². The first-order valence-electron chi connectivity index (χ1n) is 9.30. The summed E-state index contributed by atoms with van der Waals surface area (Å²) in [6.45, 7) is 3.94. The van der Waals surface area contributed by atoms with Gasteiger partial charge in [-0.05, 0) is 48.4 Å².